The number of pyridine rings is 1. The van der Waals surface area contributed by atoms with E-state index in [0.29, 0.717) is 5.44 Å². The number of hydrogen-bond donors (Lipinski definition) is 1. The number of aromatic nitrogens is 1. The normalized spacial score (nSPS) is 13.7. The molecule has 0 bridgehead atoms. The summed E-state index contributed by atoms with van der Waals surface area (Å²) in [5, 5.41) is 10.4. The molecule has 0 saturated carbocycles. The Bertz CT molecular complexity index is 453. The Balaban J connectivity index is 3.48. The number of halogens is 2. The van der Waals surface area contributed by atoms with Crippen molar-refractivity contribution in [2.24, 2.45) is 5.41 Å². The minimum absolute atomic E-state index is 0.240. The molecule has 0 saturated heterocycles. The molecule has 0 aliphatic heterocycles. The maximum atomic E-state index is 10.4. The number of aliphatic hydroxyl groups excluding tert-OH is 1. The minimum Gasteiger partial charge on any atom is -0.505 e. The van der Waals surface area contributed by atoms with E-state index < -0.39 is 6.63 Å². The van der Waals surface area contributed by atoms with Crippen LogP contribution >= 0.6 is 29.1 Å². The monoisotopic (exact) mass is 306 g/mol. The average molecular weight is 307 g/mol. The van der Waals surface area contributed by atoms with E-state index in [-0.39, 0.29) is 11.2 Å². The highest BCUT2D eigenvalue weighted by molar-refractivity contribution is 8.10. The molecule has 1 N–H and O–H groups in total. The number of rotatable bonds is 3. The van der Waals surface area contributed by atoms with Gasteiger partial charge in [0.25, 0.3) is 5.44 Å². The summed E-state index contributed by atoms with van der Waals surface area (Å²) < 4.78 is 1.90. The molecule has 1 heterocycles. The summed E-state index contributed by atoms with van der Waals surface area (Å²) in [5.41, 5.74) is 1.28. The molecule has 5 heteroatoms. The molecule has 18 heavy (non-hydrogen) atoms. The van der Waals surface area contributed by atoms with Crippen LogP contribution in [0, 0.1) is 5.41 Å². The maximum absolute atomic E-state index is 10.4. The number of aliphatic hydroxyl groups is 1. The SMILES string of the molecule is CCc1cccc[n+]1/C(=C(\O)C(C)(C)C)P(Cl)Cl. The summed E-state index contributed by atoms with van der Waals surface area (Å²) in [6.45, 7) is 6.43. The molecule has 0 unspecified atom stereocenters. The Morgan fingerprint density at radius 1 is 1.33 bits per heavy atom. The summed E-state index contributed by atoms with van der Waals surface area (Å²) in [4.78, 5) is 0. The summed E-state index contributed by atoms with van der Waals surface area (Å²) in [6.07, 6.45) is 2.73. The summed E-state index contributed by atoms with van der Waals surface area (Å²) in [7, 11) is 0. The molecule has 1 aromatic rings. The van der Waals surface area contributed by atoms with Crippen molar-refractivity contribution in [2.75, 3.05) is 0 Å². The van der Waals surface area contributed by atoms with Gasteiger partial charge < -0.3 is 5.11 Å². The third-order valence-corrected chi connectivity index (χ3v) is 4.33. The highest BCUT2D eigenvalue weighted by Crippen LogP contribution is 2.57. The average Bonchev–Trinajstić information content (AvgIpc) is 2.28. The van der Waals surface area contributed by atoms with Gasteiger partial charge in [-0.15, -0.1) is 0 Å². The molecule has 0 radical (unpaired) electrons. The van der Waals surface area contributed by atoms with Gasteiger partial charge >= 0.3 is 0 Å². The van der Waals surface area contributed by atoms with E-state index in [9.17, 15) is 5.11 Å². The van der Waals surface area contributed by atoms with E-state index in [0.717, 1.165) is 12.1 Å². The zero-order valence-corrected chi connectivity index (χ0v) is 13.5. The van der Waals surface area contributed by atoms with E-state index in [4.69, 9.17) is 22.5 Å². The van der Waals surface area contributed by atoms with E-state index in [2.05, 4.69) is 6.92 Å². The third kappa shape index (κ3) is 3.60. The second-order valence-electron chi connectivity index (χ2n) is 5.07. The van der Waals surface area contributed by atoms with Gasteiger partial charge in [-0.05, 0) is 0 Å². The van der Waals surface area contributed by atoms with Crippen LogP contribution in [0.25, 0.3) is 5.44 Å². The van der Waals surface area contributed by atoms with Gasteiger partial charge in [0.1, 0.15) is 0 Å². The number of hydrogen-bond acceptors (Lipinski definition) is 1. The first-order valence-corrected chi connectivity index (χ1v) is 8.99. The van der Waals surface area contributed by atoms with Crippen molar-refractivity contribution in [2.45, 2.75) is 34.1 Å². The van der Waals surface area contributed by atoms with Crippen LogP contribution in [0.3, 0.4) is 0 Å². The van der Waals surface area contributed by atoms with Gasteiger partial charge in [0.05, 0.1) is 0 Å². The Labute approximate surface area is 120 Å². The van der Waals surface area contributed by atoms with E-state index in [1.54, 1.807) is 0 Å². The lowest BCUT2D eigenvalue weighted by molar-refractivity contribution is -0.584. The number of nitrogens with zero attached hydrogens (tertiary/aromatic N) is 1. The van der Waals surface area contributed by atoms with Gasteiger partial charge in [0, 0.05) is 24.0 Å². The lowest BCUT2D eigenvalue weighted by atomic mass is 9.94. The fourth-order valence-electron chi connectivity index (χ4n) is 1.58. The Morgan fingerprint density at radius 3 is 2.39 bits per heavy atom. The first-order chi connectivity index (χ1) is 8.29. The van der Waals surface area contributed by atoms with E-state index in [1.165, 1.54) is 0 Å². The molecule has 0 amide bonds. The fraction of sp³-hybridized carbons (Fsp3) is 0.462. The minimum atomic E-state index is -1.43. The molecule has 0 aromatic carbocycles. The molecule has 0 aliphatic carbocycles. The van der Waals surface area contributed by atoms with Crippen LogP contribution in [-0.2, 0) is 6.42 Å². The topological polar surface area (TPSA) is 24.1 Å². The highest BCUT2D eigenvalue weighted by Gasteiger charge is 2.33. The van der Waals surface area contributed by atoms with Gasteiger partial charge in [-0.1, -0.05) is 56.2 Å². The zero-order chi connectivity index (χ0) is 13.9. The summed E-state index contributed by atoms with van der Waals surface area (Å²) in [5.74, 6) is 0.240. The predicted octanol–water partition coefficient (Wildman–Crippen LogP) is 5.06. The molecular formula is C13H19Cl2NOP+. The third-order valence-electron chi connectivity index (χ3n) is 2.62. The van der Waals surface area contributed by atoms with Crippen molar-refractivity contribution in [1.82, 2.24) is 0 Å². The van der Waals surface area contributed by atoms with Crippen molar-refractivity contribution in [3.05, 3.63) is 35.8 Å². The quantitative estimate of drug-likeness (QED) is 0.471. The molecule has 0 fully saturated rings. The second-order valence-corrected chi connectivity index (χ2v) is 8.51. The van der Waals surface area contributed by atoms with Crippen LogP contribution in [0.1, 0.15) is 33.4 Å². The van der Waals surface area contributed by atoms with Gasteiger partial charge in [0.15, 0.2) is 24.3 Å². The molecule has 0 atom stereocenters. The van der Waals surface area contributed by atoms with Gasteiger partial charge in [-0.3, -0.25) is 0 Å². The molecule has 2 nitrogen and oxygen atoms in total. The van der Waals surface area contributed by atoms with Gasteiger partial charge in [0.2, 0.25) is 0 Å². The molecule has 1 rings (SSSR count). The Kier molecular flexibility index (Phi) is 5.46. The van der Waals surface area contributed by atoms with Crippen LogP contribution in [0.4, 0.5) is 0 Å². The van der Waals surface area contributed by atoms with Crippen LogP contribution in [0.15, 0.2) is 30.2 Å². The molecule has 0 spiro atoms. The van der Waals surface area contributed by atoms with E-state index >= 15 is 0 Å². The Morgan fingerprint density at radius 2 is 1.94 bits per heavy atom. The largest absolute Gasteiger partial charge is 0.505 e. The molecule has 0 aliphatic rings. The van der Waals surface area contributed by atoms with Gasteiger partial charge in [-0.25, -0.2) is 0 Å². The summed E-state index contributed by atoms with van der Waals surface area (Å²) >= 11 is 12.2. The van der Waals surface area contributed by atoms with Crippen molar-refractivity contribution < 1.29 is 9.67 Å². The standard InChI is InChI=1S/C13H18Cl2NOP/c1-5-10-8-6-7-9-16(10)12(18(14)15)11(17)13(2,3)4/h6-9H,5H2,1-4H3/p+1/b12-11+. The second kappa shape index (κ2) is 6.23. The van der Waals surface area contributed by atoms with Crippen LogP contribution in [-0.4, -0.2) is 5.11 Å². The van der Waals surface area contributed by atoms with Crippen LogP contribution in [0.2, 0.25) is 0 Å². The van der Waals surface area contributed by atoms with Crippen molar-refractivity contribution in [1.29, 1.82) is 0 Å². The van der Waals surface area contributed by atoms with Crippen molar-refractivity contribution >= 4 is 34.5 Å². The van der Waals surface area contributed by atoms with Crippen molar-refractivity contribution in [3.8, 4) is 0 Å². The number of aryl methyl sites for hydroxylation is 1. The Hall–Kier alpha value is -0.300. The van der Waals surface area contributed by atoms with Gasteiger partial charge in [-0.2, -0.15) is 4.57 Å². The lowest BCUT2D eigenvalue weighted by Crippen LogP contribution is -2.37. The van der Waals surface area contributed by atoms with Crippen LogP contribution in [0.5, 0.6) is 0 Å². The molecule has 100 valence electrons. The molecule has 1 aromatic heterocycles. The lowest BCUT2D eigenvalue weighted by Gasteiger charge is -2.19. The first kappa shape index (κ1) is 15.8. The smallest absolute Gasteiger partial charge is 0.276 e. The molecular weight excluding hydrogens is 288 g/mol. The zero-order valence-electron chi connectivity index (χ0n) is 11.1. The first-order valence-electron chi connectivity index (χ1n) is 5.84. The van der Waals surface area contributed by atoms with Crippen LogP contribution < -0.4 is 4.57 Å². The van der Waals surface area contributed by atoms with E-state index in [1.807, 2.05) is 49.7 Å². The number of allylic oxidation sites excluding steroid dienone is 1. The maximum Gasteiger partial charge on any atom is 0.276 e. The fourth-order valence-corrected chi connectivity index (χ4v) is 3.41. The highest BCUT2D eigenvalue weighted by atomic mass is 35.9. The van der Waals surface area contributed by atoms with Crippen molar-refractivity contribution in [3.63, 3.8) is 0 Å². The summed E-state index contributed by atoms with van der Waals surface area (Å²) in [6, 6.07) is 5.87. The predicted molar refractivity (Wildman–Crippen MR) is 79.9 cm³/mol.